The number of carbonyl (C=O) groups excluding carboxylic acids is 1. The molecule has 0 unspecified atom stereocenters. The second kappa shape index (κ2) is 5.66. The lowest BCUT2D eigenvalue weighted by atomic mass is 9.98. The SMILES string of the molecule is Cc1nccc(CNC(=O)c2cnc(C(C)(C)C)s2)n1. The number of nitrogens with zero attached hydrogens (tertiary/aromatic N) is 3. The summed E-state index contributed by atoms with van der Waals surface area (Å²) < 4.78 is 0. The molecule has 0 spiro atoms. The zero-order valence-electron chi connectivity index (χ0n) is 12.1. The number of carbonyl (C=O) groups is 1. The van der Waals surface area contributed by atoms with Gasteiger partial charge in [-0.1, -0.05) is 20.8 Å². The lowest BCUT2D eigenvalue weighted by Crippen LogP contribution is -2.22. The monoisotopic (exact) mass is 290 g/mol. The average Bonchev–Trinajstić information content (AvgIpc) is 2.85. The molecule has 0 fully saturated rings. The highest BCUT2D eigenvalue weighted by Gasteiger charge is 2.20. The molecular formula is C14H18N4OS. The van der Waals surface area contributed by atoms with E-state index < -0.39 is 0 Å². The summed E-state index contributed by atoms with van der Waals surface area (Å²) in [6.45, 7) is 8.46. The molecule has 2 heterocycles. The number of amides is 1. The van der Waals surface area contributed by atoms with E-state index in [1.54, 1.807) is 18.5 Å². The van der Waals surface area contributed by atoms with Crippen LogP contribution in [0.5, 0.6) is 0 Å². The molecule has 0 atom stereocenters. The Morgan fingerprint density at radius 2 is 2.10 bits per heavy atom. The van der Waals surface area contributed by atoms with Gasteiger partial charge >= 0.3 is 0 Å². The molecule has 0 aromatic carbocycles. The van der Waals surface area contributed by atoms with Crippen molar-refractivity contribution in [1.29, 1.82) is 0 Å². The van der Waals surface area contributed by atoms with Crippen molar-refractivity contribution >= 4 is 17.2 Å². The fraction of sp³-hybridized carbons (Fsp3) is 0.429. The van der Waals surface area contributed by atoms with Gasteiger partial charge in [0.1, 0.15) is 10.7 Å². The quantitative estimate of drug-likeness (QED) is 0.943. The van der Waals surface area contributed by atoms with E-state index >= 15 is 0 Å². The first-order valence-electron chi connectivity index (χ1n) is 6.39. The molecule has 106 valence electrons. The van der Waals surface area contributed by atoms with Crippen LogP contribution in [0.15, 0.2) is 18.5 Å². The van der Waals surface area contributed by atoms with Crippen molar-refractivity contribution in [3.63, 3.8) is 0 Å². The molecule has 2 aromatic heterocycles. The Hall–Kier alpha value is -1.82. The first kappa shape index (κ1) is 14.6. The standard InChI is InChI=1S/C14H18N4OS/c1-9-15-6-5-10(18-9)7-16-12(19)11-8-17-13(20-11)14(2,3)4/h5-6,8H,7H2,1-4H3,(H,16,19). The van der Waals surface area contributed by atoms with E-state index in [0.29, 0.717) is 17.2 Å². The van der Waals surface area contributed by atoms with Gasteiger partial charge in [-0.2, -0.15) is 0 Å². The highest BCUT2D eigenvalue weighted by molar-refractivity contribution is 7.13. The van der Waals surface area contributed by atoms with Crippen molar-refractivity contribution in [2.24, 2.45) is 0 Å². The first-order chi connectivity index (χ1) is 9.36. The summed E-state index contributed by atoms with van der Waals surface area (Å²) in [5.41, 5.74) is 0.763. The number of hydrogen-bond donors (Lipinski definition) is 1. The van der Waals surface area contributed by atoms with Crippen LogP contribution in [-0.4, -0.2) is 20.9 Å². The summed E-state index contributed by atoms with van der Waals surface area (Å²) in [4.78, 5) is 25.3. The third kappa shape index (κ3) is 3.60. The molecule has 6 heteroatoms. The summed E-state index contributed by atoms with van der Waals surface area (Å²) in [5.74, 6) is 0.582. The van der Waals surface area contributed by atoms with Crippen molar-refractivity contribution in [1.82, 2.24) is 20.3 Å². The Kier molecular flexibility index (Phi) is 4.13. The number of thiazole rings is 1. The number of aryl methyl sites for hydroxylation is 1. The van der Waals surface area contributed by atoms with E-state index in [9.17, 15) is 4.79 Å². The summed E-state index contributed by atoms with van der Waals surface area (Å²) in [6.07, 6.45) is 3.32. The molecule has 20 heavy (non-hydrogen) atoms. The molecular weight excluding hydrogens is 272 g/mol. The molecule has 0 aliphatic carbocycles. The van der Waals surface area contributed by atoms with Gasteiger partial charge in [-0.15, -0.1) is 11.3 Å². The lowest BCUT2D eigenvalue weighted by Gasteiger charge is -2.13. The van der Waals surface area contributed by atoms with Gasteiger partial charge in [-0.05, 0) is 13.0 Å². The molecule has 1 amide bonds. The van der Waals surface area contributed by atoms with Crippen LogP contribution in [0, 0.1) is 6.92 Å². The summed E-state index contributed by atoms with van der Waals surface area (Å²) in [6, 6.07) is 1.79. The van der Waals surface area contributed by atoms with Gasteiger partial charge in [0.2, 0.25) is 0 Å². The van der Waals surface area contributed by atoms with Crippen LogP contribution in [0.4, 0.5) is 0 Å². The fourth-order valence-corrected chi connectivity index (χ4v) is 2.48. The van der Waals surface area contributed by atoms with Gasteiger partial charge in [0, 0.05) is 11.6 Å². The minimum absolute atomic E-state index is 0.0348. The van der Waals surface area contributed by atoms with Crippen LogP contribution in [0.1, 0.15) is 47.0 Å². The highest BCUT2D eigenvalue weighted by Crippen LogP contribution is 2.26. The van der Waals surface area contributed by atoms with E-state index in [0.717, 1.165) is 10.7 Å². The van der Waals surface area contributed by atoms with Crippen molar-refractivity contribution in [3.8, 4) is 0 Å². The Balaban J connectivity index is 2.00. The predicted octanol–water partition coefficient (Wildman–Crippen LogP) is 2.47. The van der Waals surface area contributed by atoms with E-state index in [1.807, 2.05) is 6.92 Å². The van der Waals surface area contributed by atoms with E-state index in [2.05, 4.69) is 41.0 Å². The Morgan fingerprint density at radius 1 is 1.35 bits per heavy atom. The molecule has 5 nitrogen and oxygen atoms in total. The molecule has 0 aliphatic heterocycles. The number of nitrogens with one attached hydrogen (secondary N) is 1. The van der Waals surface area contributed by atoms with E-state index in [4.69, 9.17) is 0 Å². The summed E-state index contributed by atoms with van der Waals surface area (Å²) in [5, 5.41) is 3.81. The van der Waals surface area contributed by atoms with Crippen LogP contribution in [-0.2, 0) is 12.0 Å². The van der Waals surface area contributed by atoms with E-state index in [-0.39, 0.29) is 11.3 Å². The lowest BCUT2D eigenvalue weighted by molar-refractivity contribution is 0.0954. The summed E-state index contributed by atoms with van der Waals surface area (Å²) >= 11 is 1.43. The third-order valence-electron chi connectivity index (χ3n) is 2.63. The number of rotatable bonds is 3. The van der Waals surface area contributed by atoms with Crippen molar-refractivity contribution in [3.05, 3.63) is 39.9 Å². The van der Waals surface area contributed by atoms with Crippen LogP contribution in [0.25, 0.3) is 0 Å². The van der Waals surface area contributed by atoms with Crippen LogP contribution >= 0.6 is 11.3 Å². The normalized spacial score (nSPS) is 11.4. The largest absolute Gasteiger partial charge is 0.346 e. The first-order valence-corrected chi connectivity index (χ1v) is 7.21. The third-order valence-corrected chi connectivity index (χ3v) is 4.06. The number of hydrogen-bond acceptors (Lipinski definition) is 5. The van der Waals surface area contributed by atoms with Gasteiger partial charge in [-0.3, -0.25) is 4.79 Å². The predicted molar refractivity (Wildman–Crippen MR) is 78.8 cm³/mol. The van der Waals surface area contributed by atoms with Gasteiger partial charge in [0.15, 0.2) is 0 Å². The van der Waals surface area contributed by atoms with Gasteiger partial charge in [0.25, 0.3) is 5.91 Å². The molecule has 0 saturated heterocycles. The highest BCUT2D eigenvalue weighted by atomic mass is 32.1. The van der Waals surface area contributed by atoms with E-state index in [1.165, 1.54) is 11.3 Å². The topological polar surface area (TPSA) is 67.8 Å². The molecule has 0 bridgehead atoms. The zero-order chi connectivity index (χ0) is 14.8. The van der Waals surface area contributed by atoms with Crippen molar-refractivity contribution < 1.29 is 4.79 Å². The van der Waals surface area contributed by atoms with Gasteiger partial charge in [-0.25, -0.2) is 15.0 Å². The maximum Gasteiger partial charge on any atom is 0.263 e. The molecule has 0 saturated carbocycles. The minimum atomic E-state index is -0.116. The van der Waals surface area contributed by atoms with Gasteiger partial charge < -0.3 is 5.32 Å². The van der Waals surface area contributed by atoms with Crippen LogP contribution < -0.4 is 5.32 Å². The summed E-state index contributed by atoms with van der Waals surface area (Å²) in [7, 11) is 0. The smallest absolute Gasteiger partial charge is 0.263 e. The van der Waals surface area contributed by atoms with Crippen LogP contribution in [0.2, 0.25) is 0 Å². The fourth-order valence-electron chi connectivity index (χ4n) is 1.59. The minimum Gasteiger partial charge on any atom is -0.346 e. The molecule has 2 rings (SSSR count). The molecule has 0 radical (unpaired) electrons. The Bertz CT molecular complexity index is 616. The second-order valence-corrected chi connectivity index (χ2v) is 6.59. The molecule has 0 aliphatic rings. The number of aromatic nitrogens is 3. The maximum absolute atomic E-state index is 12.1. The average molecular weight is 290 g/mol. The Labute approximate surface area is 122 Å². The Morgan fingerprint density at radius 3 is 2.70 bits per heavy atom. The van der Waals surface area contributed by atoms with Gasteiger partial charge in [0.05, 0.1) is 23.4 Å². The maximum atomic E-state index is 12.1. The van der Waals surface area contributed by atoms with Crippen molar-refractivity contribution in [2.75, 3.05) is 0 Å². The van der Waals surface area contributed by atoms with Crippen molar-refractivity contribution in [2.45, 2.75) is 39.7 Å². The second-order valence-electron chi connectivity index (χ2n) is 5.56. The van der Waals surface area contributed by atoms with Crippen LogP contribution in [0.3, 0.4) is 0 Å². The zero-order valence-corrected chi connectivity index (χ0v) is 12.9. The molecule has 1 N–H and O–H groups in total. The molecule has 2 aromatic rings.